The SMILES string of the molecule is C=CS(=O)(=O)NC(C)(CCC)CCCCCC. The van der Waals surface area contributed by atoms with Crippen LogP contribution in [0.3, 0.4) is 0 Å². The molecule has 0 aliphatic heterocycles. The molecule has 4 heteroatoms. The number of hydrogen-bond acceptors (Lipinski definition) is 2. The predicted molar refractivity (Wildman–Crippen MR) is 74.3 cm³/mol. The number of sulfonamides is 1. The molecule has 0 aliphatic carbocycles. The van der Waals surface area contributed by atoms with Crippen LogP contribution in [0, 0.1) is 0 Å². The van der Waals surface area contributed by atoms with Crippen LogP contribution in [0.5, 0.6) is 0 Å². The molecule has 0 saturated heterocycles. The molecule has 3 nitrogen and oxygen atoms in total. The maximum Gasteiger partial charge on any atom is 0.233 e. The van der Waals surface area contributed by atoms with Crippen LogP contribution in [-0.2, 0) is 10.0 Å². The average Bonchev–Trinajstić information content (AvgIpc) is 2.24. The topological polar surface area (TPSA) is 46.2 Å². The Morgan fingerprint density at radius 1 is 1.12 bits per heavy atom. The molecule has 0 aromatic heterocycles. The summed E-state index contributed by atoms with van der Waals surface area (Å²) in [6, 6.07) is 0. The van der Waals surface area contributed by atoms with Crippen molar-refractivity contribution in [2.75, 3.05) is 0 Å². The lowest BCUT2D eigenvalue weighted by Crippen LogP contribution is -2.44. The fourth-order valence-electron chi connectivity index (χ4n) is 2.11. The van der Waals surface area contributed by atoms with Crippen LogP contribution in [0.25, 0.3) is 0 Å². The highest BCUT2D eigenvalue weighted by Gasteiger charge is 2.26. The summed E-state index contributed by atoms with van der Waals surface area (Å²) in [5.74, 6) is 0. The molecule has 1 N–H and O–H groups in total. The smallest absolute Gasteiger partial charge is 0.208 e. The number of nitrogens with one attached hydrogen (secondary N) is 1. The van der Waals surface area contributed by atoms with E-state index in [1.807, 2.05) is 6.92 Å². The van der Waals surface area contributed by atoms with Gasteiger partial charge in [0, 0.05) is 10.9 Å². The highest BCUT2D eigenvalue weighted by atomic mass is 32.2. The van der Waals surface area contributed by atoms with Gasteiger partial charge in [-0.25, -0.2) is 13.1 Å². The molecule has 0 aromatic carbocycles. The Balaban J connectivity index is 4.40. The van der Waals surface area contributed by atoms with E-state index in [4.69, 9.17) is 0 Å². The second kappa shape index (κ2) is 7.88. The Hall–Kier alpha value is -0.350. The van der Waals surface area contributed by atoms with Crippen LogP contribution in [0.4, 0.5) is 0 Å². The van der Waals surface area contributed by atoms with E-state index in [0.29, 0.717) is 0 Å². The monoisotopic (exact) mass is 261 g/mol. The van der Waals surface area contributed by atoms with Crippen LogP contribution >= 0.6 is 0 Å². The van der Waals surface area contributed by atoms with Crippen LogP contribution in [0.2, 0.25) is 0 Å². The molecular weight excluding hydrogens is 234 g/mol. The number of hydrogen-bond donors (Lipinski definition) is 1. The van der Waals surface area contributed by atoms with Crippen molar-refractivity contribution in [1.82, 2.24) is 4.72 Å². The molecule has 0 aliphatic rings. The maximum atomic E-state index is 11.5. The second-order valence-electron chi connectivity index (χ2n) is 4.94. The van der Waals surface area contributed by atoms with Crippen molar-refractivity contribution in [3.63, 3.8) is 0 Å². The normalized spacial score (nSPS) is 15.5. The minimum Gasteiger partial charge on any atom is -0.208 e. The maximum absolute atomic E-state index is 11.5. The summed E-state index contributed by atoms with van der Waals surface area (Å²) in [6.07, 6.45) is 7.40. The number of rotatable bonds is 10. The molecule has 1 unspecified atom stereocenters. The van der Waals surface area contributed by atoms with Gasteiger partial charge in [-0.3, -0.25) is 0 Å². The first kappa shape index (κ1) is 16.6. The first-order chi connectivity index (χ1) is 7.89. The van der Waals surface area contributed by atoms with Crippen molar-refractivity contribution in [2.45, 2.75) is 71.3 Å². The van der Waals surface area contributed by atoms with E-state index in [0.717, 1.165) is 31.1 Å². The van der Waals surface area contributed by atoms with Gasteiger partial charge in [0.15, 0.2) is 0 Å². The minimum atomic E-state index is -3.33. The largest absolute Gasteiger partial charge is 0.233 e. The summed E-state index contributed by atoms with van der Waals surface area (Å²) in [6.45, 7) is 9.57. The molecule has 17 heavy (non-hydrogen) atoms. The third-order valence-electron chi connectivity index (χ3n) is 2.99. The quantitative estimate of drug-likeness (QED) is 0.611. The highest BCUT2D eigenvalue weighted by molar-refractivity contribution is 7.92. The van der Waals surface area contributed by atoms with Gasteiger partial charge in [-0.1, -0.05) is 52.5 Å². The van der Waals surface area contributed by atoms with E-state index in [1.165, 1.54) is 19.3 Å². The van der Waals surface area contributed by atoms with Gasteiger partial charge < -0.3 is 0 Å². The van der Waals surface area contributed by atoms with Gasteiger partial charge in [0.2, 0.25) is 10.0 Å². The predicted octanol–water partition coefficient (Wildman–Crippen LogP) is 3.58. The fraction of sp³-hybridized carbons (Fsp3) is 0.846. The van der Waals surface area contributed by atoms with Gasteiger partial charge in [-0.15, -0.1) is 0 Å². The van der Waals surface area contributed by atoms with Crippen molar-refractivity contribution in [3.05, 3.63) is 12.0 Å². The summed E-state index contributed by atoms with van der Waals surface area (Å²) in [5.41, 5.74) is -0.324. The summed E-state index contributed by atoms with van der Waals surface area (Å²) in [5, 5.41) is 0.993. The lowest BCUT2D eigenvalue weighted by Gasteiger charge is -2.29. The van der Waals surface area contributed by atoms with Crippen LogP contribution in [0.15, 0.2) is 12.0 Å². The number of unbranched alkanes of at least 4 members (excludes halogenated alkanes) is 3. The summed E-state index contributed by atoms with van der Waals surface area (Å²) in [4.78, 5) is 0. The summed E-state index contributed by atoms with van der Waals surface area (Å²) < 4.78 is 25.9. The molecule has 0 radical (unpaired) electrons. The minimum absolute atomic E-state index is 0.324. The Morgan fingerprint density at radius 3 is 2.24 bits per heavy atom. The zero-order valence-corrected chi connectivity index (χ0v) is 12.3. The average molecular weight is 261 g/mol. The van der Waals surface area contributed by atoms with Gasteiger partial charge in [0.05, 0.1) is 0 Å². The van der Waals surface area contributed by atoms with Crippen molar-refractivity contribution in [2.24, 2.45) is 0 Å². The van der Waals surface area contributed by atoms with Gasteiger partial charge in [0.1, 0.15) is 0 Å². The van der Waals surface area contributed by atoms with Crippen molar-refractivity contribution >= 4 is 10.0 Å². The van der Waals surface area contributed by atoms with Crippen molar-refractivity contribution < 1.29 is 8.42 Å². The lowest BCUT2D eigenvalue weighted by atomic mass is 9.91. The zero-order valence-electron chi connectivity index (χ0n) is 11.5. The first-order valence-corrected chi connectivity index (χ1v) is 8.10. The Kier molecular flexibility index (Phi) is 7.71. The molecular formula is C13H27NO2S. The van der Waals surface area contributed by atoms with E-state index >= 15 is 0 Å². The van der Waals surface area contributed by atoms with Crippen molar-refractivity contribution in [3.8, 4) is 0 Å². The van der Waals surface area contributed by atoms with Crippen LogP contribution in [-0.4, -0.2) is 14.0 Å². The zero-order chi connectivity index (χ0) is 13.4. The van der Waals surface area contributed by atoms with E-state index < -0.39 is 10.0 Å². The third-order valence-corrected chi connectivity index (χ3v) is 4.21. The van der Waals surface area contributed by atoms with Gasteiger partial charge in [0.25, 0.3) is 0 Å². The van der Waals surface area contributed by atoms with E-state index in [2.05, 4.69) is 25.1 Å². The standard InChI is InChI=1S/C13H27NO2S/c1-5-8-9-10-12-13(4,11-6-2)14-17(15,16)7-3/h7,14H,3,5-6,8-12H2,1-2,4H3. The Bertz CT molecular complexity index is 311. The van der Waals surface area contributed by atoms with Crippen molar-refractivity contribution in [1.29, 1.82) is 0 Å². The molecule has 102 valence electrons. The Labute approximate surface area is 107 Å². The molecule has 0 rings (SSSR count). The molecule has 0 bridgehead atoms. The fourth-order valence-corrected chi connectivity index (χ4v) is 3.08. The molecule has 1 atom stereocenters. The molecule has 0 saturated carbocycles. The molecule has 0 amide bonds. The van der Waals surface area contributed by atoms with Crippen LogP contribution < -0.4 is 4.72 Å². The molecule has 0 fully saturated rings. The summed E-state index contributed by atoms with van der Waals surface area (Å²) >= 11 is 0. The van der Waals surface area contributed by atoms with E-state index in [9.17, 15) is 8.42 Å². The van der Waals surface area contributed by atoms with E-state index in [-0.39, 0.29) is 5.54 Å². The van der Waals surface area contributed by atoms with Gasteiger partial charge in [-0.2, -0.15) is 0 Å². The first-order valence-electron chi connectivity index (χ1n) is 6.55. The summed E-state index contributed by atoms with van der Waals surface area (Å²) in [7, 11) is -3.33. The molecule has 0 aromatic rings. The highest BCUT2D eigenvalue weighted by Crippen LogP contribution is 2.22. The Morgan fingerprint density at radius 2 is 1.76 bits per heavy atom. The molecule has 0 heterocycles. The van der Waals surface area contributed by atoms with E-state index in [1.54, 1.807) is 0 Å². The van der Waals surface area contributed by atoms with Gasteiger partial charge >= 0.3 is 0 Å². The second-order valence-corrected chi connectivity index (χ2v) is 6.56. The van der Waals surface area contributed by atoms with Gasteiger partial charge in [-0.05, 0) is 19.8 Å². The lowest BCUT2D eigenvalue weighted by molar-refractivity contribution is 0.343. The van der Waals surface area contributed by atoms with Crippen LogP contribution in [0.1, 0.15) is 65.7 Å². The molecule has 0 spiro atoms. The third kappa shape index (κ3) is 7.55.